The monoisotopic (exact) mass is 223 g/mol. The predicted molar refractivity (Wildman–Crippen MR) is 68.6 cm³/mol. The minimum atomic E-state index is 0.599. The molecule has 0 aliphatic rings. The van der Waals surface area contributed by atoms with Gasteiger partial charge in [-0.3, -0.25) is 0 Å². The topological polar surface area (TPSA) is 29.9 Å². The molecule has 0 bridgehead atoms. The van der Waals surface area contributed by atoms with Crippen LogP contribution in [0.15, 0.2) is 12.4 Å². The van der Waals surface area contributed by atoms with Crippen molar-refractivity contribution in [3.63, 3.8) is 0 Å². The quantitative estimate of drug-likeness (QED) is 0.687. The molecule has 0 radical (unpaired) electrons. The molecule has 0 saturated carbocycles. The van der Waals surface area contributed by atoms with Crippen LogP contribution in [0.25, 0.3) is 0 Å². The number of nitrogens with zero attached hydrogens (tertiary/aromatic N) is 2. The van der Waals surface area contributed by atoms with Gasteiger partial charge in [0.2, 0.25) is 0 Å². The smallest absolute Gasteiger partial charge is 0.108 e. The third-order valence-electron chi connectivity index (χ3n) is 2.65. The Balaban J connectivity index is 2.18. The Morgan fingerprint density at radius 2 is 2.19 bits per heavy atom. The lowest BCUT2D eigenvalue weighted by Gasteiger charge is -2.08. The molecular formula is C13H25N3. The van der Waals surface area contributed by atoms with Crippen molar-refractivity contribution in [2.45, 2.75) is 59.0 Å². The zero-order valence-electron chi connectivity index (χ0n) is 10.9. The van der Waals surface area contributed by atoms with Crippen molar-refractivity contribution >= 4 is 0 Å². The normalized spacial score (nSPS) is 11.2. The van der Waals surface area contributed by atoms with Crippen LogP contribution in [0.3, 0.4) is 0 Å². The number of aromatic nitrogens is 2. The molecule has 0 aliphatic carbocycles. The van der Waals surface area contributed by atoms with Gasteiger partial charge in [0.15, 0.2) is 0 Å². The number of unbranched alkanes of at least 4 members (excludes halogenated alkanes) is 1. The van der Waals surface area contributed by atoms with Crippen LogP contribution >= 0.6 is 0 Å². The Labute approximate surface area is 99.3 Å². The van der Waals surface area contributed by atoms with Gasteiger partial charge < -0.3 is 9.88 Å². The van der Waals surface area contributed by atoms with E-state index in [2.05, 4.69) is 41.8 Å². The molecule has 1 aromatic heterocycles. The molecule has 3 heteroatoms. The molecule has 0 amide bonds. The van der Waals surface area contributed by atoms with E-state index in [0.29, 0.717) is 6.04 Å². The largest absolute Gasteiger partial charge is 0.335 e. The van der Waals surface area contributed by atoms with Gasteiger partial charge in [-0.15, -0.1) is 0 Å². The molecule has 0 spiro atoms. The van der Waals surface area contributed by atoms with Gasteiger partial charge in [-0.1, -0.05) is 20.8 Å². The zero-order valence-corrected chi connectivity index (χ0v) is 10.9. The van der Waals surface area contributed by atoms with Crippen LogP contribution in [0.4, 0.5) is 0 Å². The van der Waals surface area contributed by atoms with Gasteiger partial charge in [-0.2, -0.15) is 0 Å². The van der Waals surface area contributed by atoms with E-state index in [1.54, 1.807) is 0 Å². The summed E-state index contributed by atoms with van der Waals surface area (Å²) in [5.74, 6) is 1.24. The molecule has 1 aromatic rings. The van der Waals surface area contributed by atoms with E-state index in [4.69, 9.17) is 0 Å². The Morgan fingerprint density at radius 1 is 1.38 bits per heavy atom. The predicted octanol–water partition coefficient (Wildman–Crippen LogP) is 2.61. The first-order valence-corrected chi connectivity index (χ1v) is 6.47. The van der Waals surface area contributed by atoms with Crippen molar-refractivity contribution in [2.24, 2.45) is 0 Å². The summed E-state index contributed by atoms with van der Waals surface area (Å²) in [6.45, 7) is 8.80. The van der Waals surface area contributed by atoms with E-state index in [0.717, 1.165) is 19.5 Å². The number of nitrogens with one attached hydrogen (secondary N) is 1. The second kappa shape index (κ2) is 7.44. The van der Waals surface area contributed by atoms with E-state index in [9.17, 15) is 0 Å². The molecular weight excluding hydrogens is 198 g/mol. The van der Waals surface area contributed by atoms with E-state index < -0.39 is 0 Å². The number of aryl methyl sites for hydroxylation is 2. The fraction of sp³-hybridized carbons (Fsp3) is 0.769. The lowest BCUT2D eigenvalue weighted by molar-refractivity contribution is 0.546. The van der Waals surface area contributed by atoms with E-state index in [1.165, 1.54) is 25.1 Å². The highest BCUT2D eigenvalue weighted by Gasteiger charge is 2.01. The standard InChI is InChI=1S/C13H25N3/c1-4-10-16-11-9-15-13(16)7-5-6-8-14-12(2)3/h9,11-12,14H,4-8,10H2,1-3H3. The van der Waals surface area contributed by atoms with Gasteiger partial charge in [0, 0.05) is 31.4 Å². The van der Waals surface area contributed by atoms with E-state index >= 15 is 0 Å². The van der Waals surface area contributed by atoms with Crippen molar-refractivity contribution in [1.29, 1.82) is 0 Å². The van der Waals surface area contributed by atoms with Crippen molar-refractivity contribution in [3.8, 4) is 0 Å². The Morgan fingerprint density at radius 3 is 2.88 bits per heavy atom. The summed E-state index contributed by atoms with van der Waals surface area (Å²) < 4.78 is 2.27. The first-order valence-electron chi connectivity index (χ1n) is 6.47. The van der Waals surface area contributed by atoms with Gasteiger partial charge in [-0.05, 0) is 25.8 Å². The summed E-state index contributed by atoms with van der Waals surface area (Å²) in [6.07, 6.45) is 8.74. The van der Waals surface area contributed by atoms with Crippen LogP contribution in [0.1, 0.15) is 45.9 Å². The minimum absolute atomic E-state index is 0.599. The molecule has 1 heterocycles. The number of hydrogen-bond donors (Lipinski definition) is 1. The van der Waals surface area contributed by atoms with Gasteiger partial charge >= 0.3 is 0 Å². The fourth-order valence-corrected chi connectivity index (χ4v) is 1.81. The highest BCUT2D eigenvalue weighted by Crippen LogP contribution is 2.04. The number of hydrogen-bond acceptors (Lipinski definition) is 2. The van der Waals surface area contributed by atoms with Gasteiger partial charge in [-0.25, -0.2) is 4.98 Å². The molecule has 0 fully saturated rings. The van der Waals surface area contributed by atoms with Gasteiger partial charge in [0.05, 0.1) is 0 Å². The molecule has 1 N–H and O–H groups in total. The van der Waals surface area contributed by atoms with Crippen LogP contribution < -0.4 is 5.32 Å². The zero-order chi connectivity index (χ0) is 11.8. The SMILES string of the molecule is CCCn1ccnc1CCCCNC(C)C. The summed E-state index contributed by atoms with van der Waals surface area (Å²) in [4.78, 5) is 4.41. The third kappa shape index (κ3) is 4.79. The average molecular weight is 223 g/mol. The molecule has 0 saturated heterocycles. The maximum Gasteiger partial charge on any atom is 0.108 e. The number of rotatable bonds is 8. The van der Waals surface area contributed by atoms with Crippen LogP contribution in [0.2, 0.25) is 0 Å². The van der Waals surface area contributed by atoms with Gasteiger partial charge in [0.1, 0.15) is 5.82 Å². The minimum Gasteiger partial charge on any atom is -0.335 e. The van der Waals surface area contributed by atoms with Crippen LogP contribution in [0, 0.1) is 0 Å². The highest BCUT2D eigenvalue weighted by atomic mass is 15.1. The second-order valence-corrected chi connectivity index (χ2v) is 4.60. The lowest BCUT2D eigenvalue weighted by atomic mass is 10.2. The number of imidazole rings is 1. The first kappa shape index (κ1) is 13.2. The fourth-order valence-electron chi connectivity index (χ4n) is 1.81. The molecule has 92 valence electrons. The van der Waals surface area contributed by atoms with Crippen LogP contribution in [0.5, 0.6) is 0 Å². The summed E-state index contributed by atoms with van der Waals surface area (Å²) in [5, 5.41) is 3.44. The van der Waals surface area contributed by atoms with Crippen molar-refractivity contribution in [1.82, 2.24) is 14.9 Å². The third-order valence-corrected chi connectivity index (χ3v) is 2.65. The molecule has 0 atom stereocenters. The molecule has 0 aliphatic heterocycles. The summed E-state index contributed by atoms with van der Waals surface area (Å²) in [7, 11) is 0. The summed E-state index contributed by atoms with van der Waals surface area (Å²) in [6, 6.07) is 0.599. The molecule has 16 heavy (non-hydrogen) atoms. The molecule has 1 rings (SSSR count). The van der Waals surface area contributed by atoms with Crippen LogP contribution in [-0.4, -0.2) is 22.1 Å². The van der Waals surface area contributed by atoms with Crippen LogP contribution in [-0.2, 0) is 13.0 Å². The molecule has 0 aromatic carbocycles. The van der Waals surface area contributed by atoms with Gasteiger partial charge in [0.25, 0.3) is 0 Å². The van der Waals surface area contributed by atoms with E-state index in [1.807, 2.05) is 6.20 Å². The second-order valence-electron chi connectivity index (χ2n) is 4.60. The molecule has 3 nitrogen and oxygen atoms in total. The summed E-state index contributed by atoms with van der Waals surface area (Å²) >= 11 is 0. The average Bonchev–Trinajstić information content (AvgIpc) is 2.65. The Bertz CT molecular complexity index is 278. The van der Waals surface area contributed by atoms with E-state index in [-0.39, 0.29) is 0 Å². The first-order chi connectivity index (χ1) is 7.74. The Kier molecular flexibility index (Phi) is 6.16. The van der Waals surface area contributed by atoms with Crippen molar-refractivity contribution in [3.05, 3.63) is 18.2 Å². The highest BCUT2D eigenvalue weighted by molar-refractivity contribution is 4.92. The van der Waals surface area contributed by atoms with Crippen molar-refractivity contribution < 1.29 is 0 Å². The Hall–Kier alpha value is -0.830. The molecule has 0 unspecified atom stereocenters. The lowest BCUT2D eigenvalue weighted by Crippen LogP contribution is -2.23. The summed E-state index contributed by atoms with van der Waals surface area (Å²) in [5.41, 5.74) is 0. The maximum absolute atomic E-state index is 4.41. The maximum atomic E-state index is 4.41. The van der Waals surface area contributed by atoms with Crippen molar-refractivity contribution in [2.75, 3.05) is 6.54 Å².